The number of nitrogens with one attached hydrogen (secondary N) is 2. The third-order valence-electron chi connectivity index (χ3n) is 5.34. The second-order valence-corrected chi connectivity index (χ2v) is 10.0. The van der Waals surface area contributed by atoms with E-state index in [9.17, 15) is 27.5 Å². The molecule has 0 spiro atoms. The number of ether oxygens (including phenoxy) is 1. The van der Waals surface area contributed by atoms with Crippen LogP contribution in [0.5, 0.6) is 5.75 Å². The fourth-order valence-corrected chi connectivity index (χ4v) is 4.19. The molecule has 36 heavy (non-hydrogen) atoms. The topological polar surface area (TPSA) is 140 Å². The number of benzene rings is 1. The highest BCUT2D eigenvalue weighted by atomic mass is 32.2. The SMILES string of the molecule is CCOCCNC(=O)c1c(O)c2ncc(Cc3ccc(F)cc3)cc2n(CCCNS(C)(=O)=O)c1=O. The summed E-state index contributed by atoms with van der Waals surface area (Å²) in [5.74, 6) is -1.66. The summed E-state index contributed by atoms with van der Waals surface area (Å²) in [5.41, 5.74) is 0.692. The Labute approximate surface area is 208 Å². The zero-order valence-corrected chi connectivity index (χ0v) is 20.9. The van der Waals surface area contributed by atoms with Crippen molar-refractivity contribution in [2.24, 2.45) is 0 Å². The maximum atomic E-state index is 13.3. The van der Waals surface area contributed by atoms with Crippen LogP contribution in [0, 0.1) is 5.82 Å². The largest absolute Gasteiger partial charge is 0.505 e. The number of aryl methyl sites for hydroxylation is 1. The molecule has 3 N–H and O–H groups in total. The molecule has 12 heteroatoms. The van der Waals surface area contributed by atoms with Gasteiger partial charge in [0.1, 0.15) is 16.9 Å². The Morgan fingerprint density at radius 2 is 1.92 bits per heavy atom. The monoisotopic (exact) mass is 520 g/mol. The summed E-state index contributed by atoms with van der Waals surface area (Å²) in [6, 6.07) is 7.63. The zero-order chi connectivity index (χ0) is 26.3. The molecule has 0 aliphatic heterocycles. The van der Waals surface area contributed by atoms with Crippen LogP contribution in [0.25, 0.3) is 11.0 Å². The van der Waals surface area contributed by atoms with Crippen LogP contribution in [0.1, 0.15) is 34.8 Å². The lowest BCUT2D eigenvalue weighted by Crippen LogP contribution is -2.35. The number of hydrogen-bond donors (Lipinski definition) is 3. The molecule has 0 aliphatic carbocycles. The van der Waals surface area contributed by atoms with Crippen molar-refractivity contribution in [2.75, 3.05) is 32.6 Å². The Morgan fingerprint density at radius 1 is 1.19 bits per heavy atom. The number of amides is 1. The first-order valence-corrected chi connectivity index (χ1v) is 13.3. The minimum atomic E-state index is -3.41. The van der Waals surface area contributed by atoms with E-state index in [-0.39, 0.29) is 44.0 Å². The molecule has 3 rings (SSSR count). The molecule has 2 aromatic heterocycles. The number of fused-ring (bicyclic) bond motifs is 1. The van der Waals surface area contributed by atoms with Crippen LogP contribution in [0.15, 0.2) is 41.3 Å². The number of halogens is 1. The Balaban J connectivity index is 2.00. The van der Waals surface area contributed by atoms with Gasteiger partial charge in [-0.05, 0) is 49.1 Å². The van der Waals surface area contributed by atoms with Gasteiger partial charge in [-0.15, -0.1) is 0 Å². The maximum absolute atomic E-state index is 13.3. The number of nitrogens with zero attached hydrogens (tertiary/aromatic N) is 2. The summed E-state index contributed by atoms with van der Waals surface area (Å²) < 4.78 is 44.9. The quantitative estimate of drug-likeness (QED) is 0.308. The van der Waals surface area contributed by atoms with E-state index in [1.54, 1.807) is 18.2 Å². The van der Waals surface area contributed by atoms with Gasteiger partial charge in [0.25, 0.3) is 11.5 Å². The van der Waals surface area contributed by atoms with Gasteiger partial charge in [0.15, 0.2) is 5.75 Å². The molecule has 0 radical (unpaired) electrons. The van der Waals surface area contributed by atoms with Crippen molar-refractivity contribution in [2.45, 2.75) is 26.3 Å². The summed E-state index contributed by atoms with van der Waals surface area (Å²) in [5, 5.41) is 13.4. The highest BCUT2D eigenvalue weighted by Gasteiger charge is 2.23. The minimum Gasteiger partial charge on any atom is -0.505 e. The normalized spacial score (nSPS) is 11.6. The van der Waals surface area contributed by atoms with E-state index in [4.69, 9.17) is 4.74 Å². The first-order chi connectivity index (χ1) is 17.1. The molecule has 0 unspecified atom stereocenters. The number of pyridine rings is 2. The van der Waals surface area contributed by atoms with E-state index in [1.165, 1.54) is 22.9 Å². The molecular formula is C24H29FN4O6S. The van der Waals surface area contributed by atoms with Gasteiger partial charge in [-0.1, -0.05) is 12.1 Å². The van der Waals surface area contributed by atoms with Gasteiger partial charge < -0.3 is 19.7 Å². The van der Waals surface area contributed by atoms with Crippen LogP contribution in [0.2, 0.25) is 0 Å². The zero-order valence-electron chi connectivity index (χ0n) is 20.1. The maximum Gasteiger partial charge on any atom is 0.267 e. The smallest absolute Gasteiger partial charge is 0.267 e. The second kappa shape index (κ2) is 12.1. The fraction of sp³-hybridized carbons (Fsp3) is 0.375. The number of rotatable bonds is 12. The van der Waals surface area contributed by atoms with Gasteiger partial charge in [0.2, 0.25) is 10.0 Å². The molecule has 194 valence electrons. The minimum absolute atomic E-state index is 0.0588. The lowest BCUT2D eigenvalue weighted by atomic mass is 10.1. The van der Waals surface area contributed by atoms with Crippen molar-refractivity contribution in [1.29, 1.82) is 0 Å². The van der Waals surface area contributed by atoms with Crippen molar-refractivity contribution >= 4 is 27.0 Å². The molecule has 0 bridgehead atoms. The molecule has 1 amide bonds. The number of carbonyl (C=O) groups excluding carboxylic acids is 1. The fourth-order valence-electron chi connectivity index (χ4n) is 3.67. The average Bonchev–Trinajstić information content (AvgIpc) is 2.82. The van der Waals surface area contributed by atoms with Crippen molar-refractivity contribution in [1.82, 2.24) is 19.6 Å². The number of aromatic nitrogens is 2. The summed E-state index contributed by atoms with van der Waals surface area (Å²) >= 11 is 0. The van der Waals surface area contributed by atoms with Crippen LogP contribution in [0.3, 0.4) is 0 Å². The molecule has 0 aliphatic rings. The average molecular weight is 521 g/mol. The van der Waals surface area contributed by atoms with Crippen LogP contribution >= 0.6 is 0 Å². The first-order valence-electron chi connectivity index (χ1n) is 11.4. The van der Waals surface area contributed by atoms with E-state index >= 15 is 0 Å². The van der Waals surface area contributed by atoms with Gasteiger partial charge in [-0.2, -0.15) is 0 Å². The van der Waals surface area contributed by atoms with Crippen LogP contribution < -0.4 is 15.6 Å². The van der Waals surface area contributed by atoms with E-state index in [0.717, 1.165) is 11.8 Å². The molecule has 1 aromatic carbocycles. The van der Waals surface area contributed by atoms with Crippen LogP contribution in [0.4, 0.5) is 4.39 Å². The number of carbonyl (C=O) groups is 1. The lowest BCUT2D eigenvalue weighted by molar-refractivity contribution is 0.0918. The van der Waals surface area contributed by atoms with E-state index in [2.05, 4.69) is 15.0 Å². The Bertz CT molecular complexity index is 1390. The van der Waals surface area contributed by atoms with Gasteiger partial charge in [0, 0.05) is 32.4 Å². The van der Waals surface area contributed by atoms with Crippen molar-refractivity contribution in [3.05, 3.63) is 69.4 Å². The molecule has 0 fully saturated rings. The molecule has 3 aromatic rings. The standard InChI is InChI=1S/C24H29FN4O6S/c1-3-35-12-10-26-23(31)20-22(30)21-19(29(24(20)32)11-4-9-28-36(2,33)34)14-17(15-27-21)13-16-5-7-18(25)8-6-16/h5-8,14-15,28,30H,3-4,9-13H2,1-2H3,(H,26,31). The number of hydrogen-bond acceptors (Lipinski definition) is 7. The first kappa shape index (κ1) is 27.2. The lowest BCUT2D eigenvalue weighted by Gasteiger charge is -2.15. The third-order valence-corrected chi connectivity index (χ3v) is 6.07. The molecule has 0 saturated carbocycles. The summed E-state index contributed by atoms with van der Waals surface area (Å²) in [4.78, 5) is 30.4. The Morgan fingerprint density at radius 3 is 2.58 bits per heavy atom. The van der Waals surface area contributed by atoms with Crippen LogP contribution in [-0.2, 0) is 27.7 Å². The second-order valence-electron chi connectivity index (χ2n) is 8.17. The van der Waals surface area contributed by atoms with Gasteiger partial charge in [0.05, 0.1) is 18.4 Å². The Kier molecular flexibility index (Phi) is 9.13. The predicted octanol–water partition coefficient (Wildman–Crippen LogP) is 1.54. The van der Waals surface area contributed by atoms with Gasteiger partial charge >= 0.3 is 0 Å². The molecular weight excluding hydrogens is 491 g/mol. The molecule has 0 atom stereocenters. The summed E-state index contributed by atoms with van der Waals surface area (Å²) in [7, 11) is -3.41. The molecule has 0 saturated heterocycles. The molecule has 2 heterocycles. The predicted molar refractivity (Wildman–Crippen MR) is 133 cm³/mol. The van der Waals surface area contributed by atoms with E-state index in [0.29, 0.717) is 24.1 Å². The van der Waals surface area contributed by atoms with Gasteiger partial charge in [-0.3, -0.25) is 14.6 Å². The van der Waals surface area contributed by atoms with Crippen molar-refractivity contribution in [3.63, 3.8) is 0 Å². The Hall–Kier alpha value is -3.35. The van der Waals surface area contributed by atoms with Gasteiger partial charge in [-0.25, -0.2) is 17.5 Å². The van der Waals surface area contributed by atoms with E-state index in [1.807, 2.05) is 6.92 Å². The summed E-state index contributed by atoms with van der Waals surface area (Å²) in [6.45, 7) is 2.81. The van der Waals surface area contributed by atoms with Crippen molar-refractivity contribution in [3.8, 4) is 5.75 Å². The molecule has 10 nitrogen and oxygen atoms in total. The highest BCUT2D eigenvalue weighted by Crippen LogP contribution is 2.26. The highest BCUT2D eigenvalue weighted by molar-refractivity contribution is 7.88. The van der Waals surface area contributed by atoms with Crippen molar-refractivity contribution < 1.29 is 27.4 Å². The van der Waals surface area contributed by atoms with E-state index < -0.39 is 32.8 Å². The summed E-state index contributed by atoms with van der Waals surface area (Å²) in [6.07, 6.45) is 3.20. The number of aromatic hydroxyl groups is 1. The van der Waals surface area contributed by atoms with Crippen LogP contribution in [-0.4, -0.2) is 61.5 Å². The number of sulfonamides is 1. The third kappa shape index (κ3) is 7.09.